The Morgan fingerprint density at radius 3 is 3.00 bits per heavy atom. The van der Waals surface area contributed by atoms with Gasteiger partial charge in [-0.15, -0.1) is 0 Å². The molecule has 0 fully saturated rings. The third kappa shape index (κ3) is 1.58. The number of methoxy groups -OCH3 is 1. The normalized spacial score (nSPS) is 9.64. The average Bonchev–Trinajstić information content (AvgIpc) is 2.50. The summed E-state index contributed by atoms with van der Waals surface area (Å²) >= 11 is 0. The number of carbonyl (C=O) groups excluding carboxylic acids is 1. The SMILES string of the molecule is CCn1cnc(C(=O)OC)c1. The van der Waals surface area contributed by atoms with Crippen LogP contribution in [0.2, 0.25) is 0 Å². The minimum atomic E-state index is -0.391. The van der Waals surface area contributed by atoms with Crippen molar-refractivity contribution < 1.29 is 9.53 Å². The van der Waals surface area contributed by atoms with Crippen LogP contribution < -0.4 is 0 Å². The lowest BCUT2D eigenvalue weighted by molar-refractivity contribution is 0.0594. The zero-order chi connectivity index (χ0) is 8.27. The summed E-state index contributed by atoms with van der Waals surface area (Å²) in [5.74, 6) is -0.391. The van der Waals surface area contributed by atoms with Gasteiger partial charge in [-0.3, -0.25) is 0 Å². The molecule has 0 amide bonds. The summed E-state index contributed by atoms with van der Waals surface area (Å²) in [7, 11) is 1.34. The first-order valence-corrected chi connectivity index (χ1v) is 3.38. The maximum atomic E-state index is 10.8. The smallest absolute Gasteiger partial charge is 0.358 e. The molecule has 0 saturated heterocycles. The van der Waals surface area contributed by atoms with E-state index in [9.17, 15) is 4.79 Å². The van der Waals surface area contributed by atoms with Crippen LogP contribution in [-0.2, 0) is 11.3 Å². The molecule has 0 aliphatic carbocycles. The molecule has 4 heteroatoms. The summed E-state index contributed by atoms with van der Waals surface area (Å²) in [5.41, 5.74) is 0.356. The van der Waals surface area contributed by atoms with Crippen molar-refractivity contribution in [1.82, 2.24) is 9.55 Å². The number of imidazole rings is 1. The summed E-state index contributed by atoms with van der Waals surface area (Å²) in [6.45, 7) is 2.78. The maximum Gasteiger partial charge on any atom is 0.358 e. The lowest BCUT2D eigenvalue weighted by Gasteiger charge is -1.92. The number of carbonyl (C=O) groups is 1. The predicted molar refractivity (Wildman–Crippen MR) is 39.2 cm³/mol. The van der Waals surface area contributed by atoms with Crippen LogP contribution in [0.25, 0.3) is 0 Å². The van der Waals surface area contributed by atoms with Crippen molar-refractivity contribution >= 4 is 5.97 Å². The second kappa shape index (κ2) is 3.18. The molecule has 0 aliphatic heterocycles. The van der Waals surface area contributed by atoms with Gasteiger partial charge in [-0.2, -0.15) is 0 Å². The summed E-state index contributed by atoms with van der Waals surface area (Å²) in [5, 5.41) is 0. The van der Waals surface area contributed by atoms with Crippen molar-refractivity contribution in [3.05, 3.63) is 18.2 Å². The summed E-state index contributed by atoms with van der Waals surface area (Å²) < 4.78 is 6.29. The summed E-state index contributed by atoms with van der Waals surface area (Å²) in [6, 6.07) is 0. The molecular weight excluding hydrogens is 144 g/mol. The van der Waals surface area contributed by atoms with Crippen molar-refractivity contribution in [2.45, 2.75) is 13.5 Å². The largest absolute Gasteiger partial charge is 0.464 e. The van der Waals surface area contributed by atoms with Gasteiger partial charge in [0, 0.05) is 12.7 Å². The highest BCUT2D eigenvalue weighted by Crippen LogP contribution is 1.97. The highest BCUT2D eigenvalue weighted by Gasteiger charge is 2.07. The molecule has 0 atom stereocenters. The van der Waals surface area contributed by atoms with Gasteiger partial charge in [0.15, 0.2) is 5.69 Å². The van der Waals surface area contributed by atoms with Crippen molar-refractivity contribution in [2.75, 3.05) is 7.11 Å². The molecule has 0 aliphatic rings. The molecule has 0 spiro atoms. The first kappa shape index (κ1) is 7.78. The van der Waals surface area contributed by atoms with Crippen molar-refractivity contribution in [1.29, 1.82) is 0 Å². The van der Waals surface area contributed by atoms with Gasteiger partial charge in [-0.25, -0.2) is 9.78 Å². The summed E-state index contributed by atoms with van der Waals surface area (Å²) in [6.07, 6.45) is 3.26. The zero-order valence-corrected chi connectivity index (χ0v) is 6.57. The Labute approximate surface area is 64.8 Å². The fraction of sp³-hybridized carbons (Fsp3) is 0.429. The molecule has 0 aromatic carbocycles. The minimum absolute atomic E-state index is 0.356. The number of esters is 1. The number of hydrogen-bond donors (Lipinski definition) is 0. The van der Waals surface area contributed by atoms with Crippen LogP contribution in [0.3, 0.4) is 0 Å². The van der Waals surface area contributed by atoms with E-state index in [1.807, 2.05) is 11.5 Å². The molecule has 0 unspecified atom stereocenters. The van der Waals surface area contributed by atoms with E-state index in [0.717, 1.165) is 6.54 Å². The van der Waals surface area contributed by atoms with Crippen LogP contribution in [0.4, 0.5) is 0 Å². The molecule has 11 heavy (non-hydrogen) atoms. The first-order chi connectivity index (χ1) is 5.27. The van der Waals surface area contributed by atoms with E-state index >= 15 is 0 Å². The number of aromatic nitrogens is 2. The molecule has 1 heterocycles. The fourth-order valence-electron chi connectivity index (χ4n) is 0.743. The Balaban J connectivity index is 2.80. The number of hydrogen-bond acceptors (Lipinski definition) is 3. The van der Waals surface area contributed by atoms with Crippen LogP contribution in [-0.4, -0.2) is 22.6 Å². The van der Waals surface area contributed by atoms with Crippen LogP contribution in [0.1, 0.15) is 17.4 Å². The number of ether oxygens (including phenoxy) is 1. The fourth-order valence-corrected chi connectivity index (χ4v) is 0.743. The Hall–Kier alpha value is -1.32. The Morgan fingerprint density at radius 1 is 1.82 bits per heavy atom. The zero-order valence-electron chi connectivity index (χ0n) is 6.57. The van der Waals surface area contributed by atoms with Gasteiger partial charge in [0.2, 0.25) is 0 Å². The maximum absolute atomic E-state index is 10.8. The molecule has 1 rings (SSSR count). The second-order valence-corrected chi connectivity index (χ2v) is 2.08. The van der Waals surface area contributed by atoms with Crippen molar-refractivity contribution in [3.63, 3.8) is 0 Å². The van der Waals surface area contributed by atoms with Crippen molar-refractivity contribution in [2.24, 2.45) is 0 Å². The molecule has 1 aromatic heterocycles. The van der Waals surface area contributed by atoms with Gasteiger partial charge >= 0.3 is 5.97 Å². The predicted octanol–water partition coefficient (Wildman–Crippen LogP) is 0.690. The van der Waals surface area contributed by atoms with E-state index in [0.29, 0.717) is 5.69 Å². The summed E-state index contributed by atoms with van der Waals surface area (Å²) in [4.78, 5) is 14.7. The molecule has 0 saturated carbocycles. The van der Waals surface area contributed by atoms with E-state index in [2.05, 4.69) is 9.72 Å². The second-order valence-electron chi connectivity index (χ2n) is 2.08. The van der Waals surface area contributed by atoms with E-state index in [1.54, 1.807) is 12.5 Å². The molecule has 0 N–H and O–H groups in total. The average molecular weight is 154 g/mol. The van der Waals surface area contributed by atoms with E-state index < -0.39 is 5.97 Å². The van der Waals surface area contributed by atoms with E-state index in [4.69, 9.17) is 0 Å². The third-order valence-electron chi connectivity index (χ3n) is 1.39. The van der Waals surface area contributed by atoms with E-state index in [1.165, 1.54) is 7.11 Å². The molecule has 1 aromatic rings. The molecule has 0 bridgehead atoms. The van der Waals surface area contributed by atoms with Crippen LogP contribution in [0, 0.1) is 0 Å². The van der Waals surface area contributed by atoms with Crippen LogP contribution in [0.15, 0.2) is 12.5 Å². The van der Waals surface area contributed by atoms with E-state index in [-0.39, 0.29) is 0 Å². The van der Waals surface area contributed by atoms with Gasteiger partial charge in [0.1, 0.15) is 0 Å². The van der Waals surface area contributed by atoms with Gasteiger partial charge in [-0.1, -0.05) is 0 Å². The topological polar surface area (TPSA) is 44.1 Å². The monoisotopic (exact) mass is 154 g/mol. The van der Waals surface area contributed by atoms with Crippen molar-refractivity contribution in [3.8, 4) is 0 Å². The van der Waals surface area contributed by atoms with Gasteiger partial charge in [0.25, 0.3) is 0 Å². The number of rotatable bonds is 2. The molecule has 0 radical (unpaired) electrons. The lowest BCUT2D eigenvalue weighted by Crippen LogP contribution is -2.01. The quantitative estimate of drug-likeness (QED) is 0.588. The van der Waals surface area contributed by atoms with Gasteiger partial charge in [0.05, 0.1) is 13.4 Å². The highest BCUT2D eigenvalue weighted by molar-refractivity contribution is 5.86. The Kier molecular flexibility index (Phi) is 2.25. The lowest BCUT2D eigenvalue weighted by atomic mass is 10.5. The highest BCUT2D eigenvalue weighted by atomic mass is 16.5. The molecular formula is C7H10N2O2. The Bertz CT molecular complexity index is 255. The first-order valence-electron chi connectivity index (χ1n) is 3.38. The number of aryl methyl sites for hydroxylation is 1. The Morgan fingerprint density at radius 2 is 2.55 bits per heavy atom. The van der Waals surface area contributed by atoms with Crippen LogP contribution in [0.5, 0.6) is 0 Å². The van der Waals surface area contributed by atoms with Gasteiger partial charge < -0.3 is 9.30 Å². The van der Waals surface area contributed by atoms with Crippen LogP contribution >= 0.6 is 0 Å². The molecule has 60 valence electrons. The third-order valence-corrected chi connectivity index (χ3v) is 1.39. The minimum Gasteiger partial charge on any atom is -0.464 e. The molecule has 4 nitrogen and oxygen atoms in total. The number of nitrogens with zero attached hydrogens (tertiary/aromatic N) is 2. The van der Waals surface area contributed by atoms with Gasteiger partial charge in [-0.05, 0) is 6.92 Å². The standard InChI is InChI=1S/C7H10N2O2/c1-3-9-4-6(8-5-9)7(10)11-2/h4-5H,3H2,1-2H3.